The van der Waals surface area contributed by atoms with Crippen LogP contribution >= 0.6 is 0 Å². The number of carbonyl (C=O) groups excluding carboxylic acids is 1. The summed E-state index contributed by atoms with van der Waals surface area (Å²) in [5.41, 5.74) is 6.58. The van der Waals surface area contributed by atoms with Gasteiger partial charge in [0.1, 0.15) is 0 Å². The molecule has 1 fully saturated rings. The molecule has 15 heavy (non-hydrogen) atoms. The normalized spacial score (nSPS) is 20.5. The average molecular weight is 205 g/mol. The first-order valence-corrected chi connectivity index (χ1v) is 5.11. The van der Waals surface area contributed by atoms with Crippen molar-refractivity contribution in [2.45, 2.75) is 6.04 Å². The van der Waals surface area contributed by atoms with E-state index in [9.17, 15) is 4.79 Å². The van der Waals surface area contributed by atoms with Crippen LogP contribution in [0.2, 0.25) is 0 Å². The SMILES string of the molecule is NCCN1CC(c2ccccc2)NC1=O. The van der Waals surface area contributed by atoms with Crippen molar-refractivity contribution in [3.63, 3.8) is 0 Å². The van der Waals surface area contributed by atoms with E-state index < -0.39 is 0 Å². The zero-order valence-electron chi connectivity index (χ0n) is 8.52. The molecule has 4 heteroatoms. The molecule has 1 unspecified atom stereocenters. The minimum atomic E-state index is -0.0192. The molecule has 3 N–H and O–H groups in total. The topological polar surface area (TPSA) is 58.4 Å². The first-order chi connectivity index (χ1) is 7.31. The maximum Gasteiger partial charge on any atom is 0.318 e. The summed E-state index contributed by atoms with van der Waals surface area (Å²) in [5, 5.41) is 2.94. The molecule has 1 aliphatic heterocycles. The molecule has 0 saturated carbocycles. The minimum Gasteiger partial charge on any atom is -0.329 e. The number of amides is 2. The molecule has 1 aromatic rings. The van der Waals surface area contributed by atoms with Crippen LogP contribution in [0.3, 0.4) is 0 Å². The van der Waals surface area contributed by atoms with E-state index >= 15 is 0 Å². The first-order valence-electron chi connectivity index (χ1n) is 5.11. The molecule has 1 heterocycles. The van der Waals surface area contributed by atoms with Crippen LogP contribution in [-0.4, -0.2) is 30.6 Å². The lowest BCUT2D eigenvalue weighted by Gasteiger charge is -2.12. The highest BCUT2D eigenvalue weighted by molar-refractivity contribution is 5.77. The molecule has 2 amide bonds. The molecule has 1 atom stereocenters. The smallest absolute Gasteiger partial charge is 0.318 e. The Morgan fingerprint density at radius 2 is 2.13 bits per heavy atom. The highest BCUT2D eigenvalue weighted by atomic mass is 16.2. The molecular formula is C11H15N3O. The molecule has 4 nitrogen and oxygen atoms in total. The van der Waals surface area contributed by atoms with Gasteiger partial charge in [-0.2, -0.15) is 0 Å². The molecule has 80 valence electrons. The molecule has 1 aliphatic rings. The highest BCUT2D eigenvalue weighted by Gasteiger charge is 2.28. The zero-order chi connectivity index (χ0) is 10.7. The van der Waals surface area contributed by atoms with Gasteiger partial charge in [-0.1, -0.05) is 30.3 Å². The number of carbonyl (C=O) groups is 1. The van der Waals surface area contributed by atoms with Crippen LogP contribution in [0, 0.1) is 0 Å². The maximum atomic E-state index is 11.5. The van der Waals surface area contributed by atoms with Gasteiger partial charge in [-0.05, 0) is 5.56 Å². The van der Waals surface area contributed by atoms with Crippen molar-refractivity contribution in [1.82, 2.24) is 10.2 Å². The second-order valence-corrected chi connectivity index (χ2v) is 3.65. The van der Waals surface area contributed by atoms with E-state index in [1.54, 1.807) is 4.90 Å². The third-order valence-corrected chi connectivity index (χ3v) is 2.59. The van der Waals surface area contributed by atoms with Gasteiger partial charge in [0, 0.05) is 19.6 Å². The summed E-state index contributed by atoms with van der Waals surface area (Å²) in [5.74, 6) is 0. The van der Waals surface area contributed by atoms with E-state index in [0.29, 0.717) is 19.6 Å². The standard InChI is InChI=1S/C11H15N3O/c12-6-7-14-8-10(13-11(14)15)9-4-2-1-3-5-9/h1-5,10H,6-8,12H2,(H,13,15). The molecule has 2 rings (SSSR count). The molecule has 1 saturated heterocycles. The highest BCUT2D eigenvalue weighted by Crippen LogP contribution is 2.19. The Balaban J connectivity index is 2.06. The summed E-state index contributed by atoms with van der Waals surface area (Å²) in [7, 11) is 0. The molecule has 0 aromatic heterocycles. The monoisotopic (exact) mass is 205 g/mol. The lowest BCUT2D eigenvalue weighted by Crippen LogP contribution is -2.32. The van der Waals surface area contributed by atoms with Gasteiger partial charge in [-0.3, -0.25) is 0 Å². The van der Waals surface area contributed by atoms with E-state index in [-0.39, 0.29) is 12.1 Å². The maximum absolute atomic E-state index is 11.5. The van der Waals surface area contributed by atoms with Gasteiger partial charge < -0.3 is 16.0 Å². The Bertz CT molecular complexity index is 339. The Morgan fingerprint density at radius 1 is 1.40 bits per heavy atom. The van der Waals surface area contributed by atoms with Crippen molar-refractivity contribution in [2.24, 2.45) is 5.73 Å². The number of urea groups is 1. The number of nitrogens with zero attached hydrogens (tertiary/aromatic N) is 1. The Kier molecular flexibility index (Phi) is 2.87. The number of hydrogen-bond acceptors (Lipinski definition) is 2. The van der Waals surface area contributed by atoms with E-state index in [1.165, 1.54) is 0 Å². The fourth-order valence-electron chi connectivity index (χ4n) is 1.81. The van der Waals surface area contributed by atoms with Crippen molar-refractivity contribution in [3.05, 3.63) is 35.9 Å². The van der Waals surface area contributed by atoms with Gasteiger partial charge >= 0.3 is 6.03 Å². The molecule has 1 aromatic carbocycles. The molecular weight excluding hydrogens is 190 g/mol. The van der Waals surface area contributed by atoms with E-state index in [0.717, 1.165) is 5.56 Å². The van der Waals surface area contributed by atoms with Gasteiger partial charge in [0.15, 0.2) is 0 Å². The van der Waals surface area contributed by atoms with Crippen LogP contribution in [0.15, 0.2) is 30.3 Å². The molecule has 0 radical (unpaired) electrons. The van der Waals surface area contributed by atoms with Crippen LogP contribution in [-0.2, 0) is 0 Å². The third-order valence-electron chi connectivity index (χ3n) is 2.59. The Hall–Kier alpha value is -1.55. The van der Waals surface area contributed by atoms with Crippen LogP contribution < -0.4 is 11.1 Å². The largest absolute Gasteiger partial charge is 0.329 e. The van der Waals surface area contributed by atoms with Gasteiger partial charge in [0.25, 0.3) is 0 Å². The summed E-state index contributed by atoms with van der Waals surface area (Å²) in [6, 6.07) is 10.1. The number of rotatable bonds is 3. The summed E-state index contributed by atoms with van der Waals surface area (Å²) in [6.07, 6.45) is 0. The van der Waals surface area contributed by atoms with Gasteiger partial charge in [-0.25, -0.2) is 4.79 Å². The van der Waals surface area contributed by atoms with Gasteiger partial charge in [0.05, 0.1) is 6.04 Å². The Labute approximate surface area is 89.1 Å². The fraction of sp³-hybridized carbons (Fsp3) is 0.364. The van der Waals surface area contributed by atoms with E-state index in [4.69, 9.17) is 5.73 Å². The zero-order valence-corrected chi connectivity index (χ0v) is 8.52. The Morgan fingerprint density at radius 3 is 2.80 bits per heavy atom. The summed E-state index contributed by atoms with van der Waals surface area (Å²) in [6.45, 7) is 1.84. The van der Waals surface area contributed by atoms with Crippen LogP contribution in [0.4, 0.5) is 4.79 Å². The second-order valence-electron chi connectivity index (χ2n) is 3.65. The molecule has 0 aliphatic carbocycles. The van der Waals surface area contributed by atoms with Crippen molar-refractivity contribution in [1.29, 1.82) is 0 Å². The predicted molar refractivity (Wildman–Crippen MR) is 58.3 cm³/mol. The average Bonchev–Trinajstić information content (AvgIpc) is 2.63. The summed E-state index contributed by atoms with van der Waals surface area (Å²) >= 11 is 0. The number of nitrogens with one attached hydrogen (secondary N) is 1. The predicted octanol–water partition coefficient (Wildman–Crippen LogP) is 0.712. The minimum absolute atomic E-state index is 0.0192. The summed E-state index contributed by atoms with van der Waals surface area (Å²) in [4.78, 5) is 13.3. The quantitative estimate of drug-likeness (QED) is 0.763. The fourth-order valence-corrected chi connectivity index (χ4v) is 1.81. The van der Waals surface area contributed by atoms with Crippen molar-refractivity contribution >= 4 is 6.03 Å². The second kappa shape index (κ2) is 4.31. The first kappa shape index (κ1) is 9.98. The third kappa shape index (κ3) is 2.10. The van der Waals surface area contributed by atoms with Crippen LogP contribution in [0.25, 0.3) is 0 Å². The molecule has 0 bridgehead atoms. The van der Waals surface area contributed by atoms with Gasteiger partial charge in [0.2, 0.25) is 0 Å². The van der Waals surface area contributed by atoms with Gasteiger partial charge in [-0.15, -0.1) is 0 Å². The number of hydrogen-bond donors (Lipinski definition) is 2. The number of benzene rings is 1. The van der Waals surface area contributed by atoms with Crippen molar-refractivity contribution in [3.8, 4) is 0 Å². The lowest BCUT2D eigenvalue weighted by atomic mass is 10.1. The van der Waals surface area contributed by atoms with Crippen molar-refractivity contribution in [2.75, 3.05) is 19.6 Å². The molecule has 0 spiro atoms. The lowest BCUT2D eigenvalue weighted by molar-refractivity contribution is 0.218. The van der Waals surface area contributed by atoms with Crippen molar-refractivity contribution < 1.29 is 4.79 Å². The summed E-state index contributed by atoms with van der Waals surface area (Å²) < 4.78 is 0. The van der Waals surface area contributed by atoms with E-state index in [1.807, 2.05) is 30.3 Å². The van der Waals surface area contributed by atoms with Crippen LogP contribution in [0.1, 0.15) is 11.6 Å². The van der Waals surface area contributed by atoms with Crippen LogP contribution in [0.5, 0.6) is 0 Å². The van der Waals surface area contributed by atoms with E-state index in [2.05, 4.69) is 5.32 Å². The number of nitrogens with two attached hydrogens (primary N) is 1.